The molecule has 1 heterocycles. The average Bonchev–Trinajstić information content (AvgIpc) is 3.41. The van der Waals surface area contributed by atoms with E-state index in [4.69, 9.17) is 9.47 Å². The standard InChI is InChI=1S/C63H120O6/c1-2-3-4-5-6-7-8-9-10-11-12-13-14-15-16-17-18-19-20-21-22-23-24-25-26-27-28-29-30-31-32-33-34-35-36-37-38-39-40-41-42-43-44-45-46-47-48-49-50-51-52-53-54-60-55-61(66)68-58-63(56-64,57-65)59-69-62(60)67/h10-11,60,64-65H,2-9,12-59H2,1H3/b11-10+. The number of aliphatic hydroxyl groups excluding tert-OH is 2. The number of hydrogen-bond acceptors (Lipinski definition) is 6. The second-order valence-electron chi connectivity index (χ2n) is 22.4. The minimum absolute atomic E-state index is 0.00510. The van der Waals surface area contributed by atoms with Crippen molar-refractivity contribution in [1.82, 2.24) is 0 Å². The number of rotatable bonds is 54. The fourth-order valence-electron chi connectivity index (χ4n) is 10.4. The summed E-state index contributed by atoms with van der Waals surface area (Å²) < 4.78 is 10.6. The molecule has 0 aromatic heterocycles. The molecule has 2 N–H and O–H groups in total. The van der Waals surface area contributed by atoms with Gasteiger partial charge in [-0.3, -0.25) is 9.59 Å². The molecule has 1 rings (SSSR count). The zero-order chi connectivity index (χ0) is 49.7. The van der Waals surface area contributed by atoms with Gasteiger partial charge < -0.3 is 19.7 Å². The van der Waals surface area contributed by atoms with Crippen LogP contribution in [0.2, 0.25) is 0 Å². The molecule has 6 heteroatoms. The third-order valence-corrected chi connectivity index (χ3v) is 15.5. The van der Waals surface area contributed by atoms with Crippen molar-refractivity contribution in [3.63, 3.8) is 0 Å². The Morgan fingerprint density at radius 1 is 0.377 bits per heavy atom. The third-order valence-electron chi connectivity index (χ3n) is 15.5. The van der Waals surface area contributed by atoms with Crippen LogP contribution in [0.5, 0.6) is 0 Å². The predicted octanol–water partition coefficient (Wildman–Crippen LogP) is 19.5. The van der Waals surface area contributed by atoms with Crippen LogP contribution in [0, 0.1) is 11.3 Å². The van der Waals surface area contributed by atoms with Crippen LogP contribution in [-0.4, -0.2) is 48.6 Å². The molecule has 1 atom stereocenters. The molecule has 1 fully saturated rings. The van der Waals surface area contributed by atoms with E-state index in [1.54, 1.807) is 0 Å². The molecule has 1 unspecified atom stereocenters. The molecule has 0 saturated carbocycles. The van der Waals surface area contributed by atoms with Gasteiger partial charge in [-0.05, 0) is 32.1 Å². The van der Waals surface area contributed by atoms with E-state index < -0.39 is 36.5 Å². The van der Waals surface area contributed by atoms with Gasteiger partial charge in [-0.1, -0.05) is 314 Å². The van der Waals surface area contributed by atoms with E-state index in [1.165, 1.54) is 302 Å². The van der Waals surface area contributed by atoms with E-state index in [0.29, 0.717) is 6.42 Å². The molecule has 0 spiro atoms. The third kappa shape index (κ3) is 45.0. The fraction of sp³-hybridized carbons (Fsp3) is 0.937. The Bertz CT molecular complexity index is 1090. The van der Waals surface area contributed by atoms with Crippen molar-refractivity contribution >= 4 is 11.9 Å². The van der Waals surface area contributed by atoms with Crippen molar-refractivity contribution in [2.24, 2.45) is 11.3 Å². The summed E-state index contributed by atoms with van der Waals surface area (Å²) in [4.78, 5) is 24.7. The highest BCUT2D eigenvalue weighted by molar-refractivity contribution is 5.80. The molecule has 0 aromatic rings. The summed E-state index contributed by atoms with van der Waals surface area (Å²) in [5, 5.41) is 19.2. The van der Waals surface area contributed by atoms with Gasteiger partial charge in [0.05, 0.1) is 31.0 Å². The first kappa shape index (κ1) is 65.6. The number of allylic oxidation sites excluding steroid dienone is 2. The molecule has 0 bridgehead atoms. The van der Waals surface area contributed by atoms with Gasteiger partial charge in [0.2, 0.25) is 0 Å². The Morgan fingerprint density at radius 3 is 0.899 bits per heavy atom. The fourth-order valence-corrected chi connectivity index (χ4v) is 10.4. The number of carbonyl (C=O) groups excluding carboxylic acids is 2. The van der Waals surface area contributed by atoms with Crippen LogP contribution in [-0.2, 0) is 19.1 Å². The SMILES string of the molecule is CCCCCCCCC/C=C/CCCCCCCCCCCCCCCCCCCCCCCCCCCCCCCCCCCCCCCCCCCC1CC(=O)OCC(CO)(CO)COC1=O. The average molecular weight is 974 g/mol. The summed E-state index contributed by atoms with van der Waals surface area (Å²) in [6, 6.07) is 0. The van der Waals surface area contributed by atoms with Gasteiger partial charge in [0, 0.05) is 0 Å². The normalized spacial score (nSPS) is 15.4. The van der Waals surface area contributed by atoms with Gasteiger partial charge in [-0.15, -0.1) is 0 Å². The lowest BCUT2D eigenvalue weighted by atomic mass is 9.92. The number of aliphatic hydroxyl groups is 2. The van der Waals surface area contributed by atoms with Crippen LogP contribution >= 0.6 is 0 Å². The number of ether oxygens (including phenoxy) is 2. The van der Waals surface area contributed by atoms with E-state index in [1.807, 2.05) is 0 Å². The maximum Gasteiger partial charge on any atom is 0.309 e. The van der Waals surface area contributed by atoms with Crippen LogP contribution in [0.1, 0.15) is 341 Å². The zero-order valence-electron chi connectivity index (χ0n) is 46.4. The van der Waals surface area contributed by atoms with Gasteiger partial charge in [0.1, 0.15) is 13.2 Å². The molecule has 69 heavy (non-hydrogen) atoms. The quantitative estimate of drug-likeness (QED) is 0.0358. The van der Waals surface area contributed by atoms with Gasteiger partial charge >= 0.3 is 11.9 Å². The lowest BCUT2D eigenvalue weighted by molar-refractivity contribution is -0.155. The lowest BCUT2D eigenvalue weighted by Gasteiger charge is -2.27. The summed E-state index contributed by atoms with van der Waals surface area (Å²) in [6.45, 7) is 1.20. The van der Waals surface area contributed by atoms with Crippen LogP contribution < -0.4 is 0 Å². The minimum atomic E-state index is -1.12. The molecule has 1 aliphatic heterocycles. The zero-order valence-corrected chi connectivity index (χ0v) is 46.4. The highest BCUT2D eigenvalue weighted by Crippen LogP contribution is 2.25. The number of carbonyl (C=O) groups is 2. The largest absolute Gasteiger partial charge is 0.465 e. The highest BCUT2D eigenvalue weighted by Gasteiger charge is 2.36. The Morgan fingerprint density at radius 2 is 0.623 bits per heavy atom. The van der Waals surface area contributed by atoms with E-state index >= 15 is 0 Å². The minimum Gasteiger partial charge on any atom is -0.465 e. The van der Waals surface area contributed by atoms with Gasteiger partial charge in [-0.25, -0.2) is 0 Å². The van der Waals surface area contributed by atoms with Crippen molar-refractivity contribution in [3.8, 4) is 0 Å². The number of hydrogen-bond donors (Lipinski definition) is 2. The first-order chi connectivity index (χ1) is 34.1. The van der Waals surface area contributed by atoms with Crippen molar-refractivity contribution < 1.29 is 29.3 Å². The molecule has 0 aliphatic carbocycles. The maximum absolute atomic E-state index is 12.5. The molecule has 1 saturated heterocycles. The Labute approximate surface area is 430 Å². The van der Waals surface area contributed by atoms with Crippen molar-refractivity contribution in [3.05, 3.63) is 12.2 Å². The lowest BCUT2D eigenvalue weighted by Crippen LogP contribution is -2.40. The number of esters is 2. The summed E-state index contributed by atoms with van der Waals surface area (Å²) >= 11 is 0. The van der Waals surface area contributed by atoms with E-state index in [9.17, 15) is 19.8 Å². The van der Waals surface area contributed by atoms with Crippen LogP contribution in [0.25, 0.3) is 0 Å². The smallest absolute Gasteiger partial charge is 0.309 e. The van der Waals surface area contributed by atoms with E-state index in [2.05, 4.69) is 19.1 Å². The summed E-state index contributed by atoms with van der Waals surface area (Å²) in [6.07, 6.45) is 75.7. The molecule has 0 amide bonds. The first-order valence-corrected chi connectivity index (χ1v) is 31.3. The molecule has 0 aromatic carbocycles. The van der Waals surface area contributed by atoms with Crippen molar-refractivity contribution in [2.75, 3.05) is 26.4 Å². The monoisotopic (exact) mass is 973 g/mol. The van der Waals surface area contributed by atoms with Crippen molar-refractivity contribution in [2.45, 2.75) is 341 Å². The van der Waals surface area contributed by atoms with Crippen LogP contribution in [0.15, 0.2) is 12.2 Å². The molecule has 1 aliphatic rings. The molecule has 408 valence electrons. The Balaban J connectivity index is 1.68. The second kappa shape index (κ2) is 52.9. The topological polar surface area (TPSA) is 93.1 Å². The van der Waals surface area contributed by atoms with Gasteiger partial charge in [0.25, 0.3) is 0 Å². The van der Waals surface area contributed by atoms with E-state index in [0.717, 1.165) is 19.3 Å². The Hall–Kier alpha value is -1.40. The summed E-state index contributed by atoms with van der Waals surface area (Å²) in [5.41, 5.74) is -1.12. The number of cyclic esters (lactones) is 2. The van der Waals surface area contributed by atoms with Gasteiger partial charge in [-0.2, -0.15) is 0 Å². The van der Waals surface area contributed by atoms with Gasteiger partial charge in [0.15, 0.2) is 0 Å². The van der Waals surface area contributed by atoms with Crippen molar-refractivity contribution in [1.29, 1.82) is 0 Å². The van der Waals surface area contributed by atoms with Crippen LogP contribution in [0.4, 0.5) is 0 Å². The molecular formula is C63H120O6. The Kier molecular flexibility index (Phi) is 50.3. The molecule has 6 nitrogen and oxygen atoms in total. The predicted molar refractivity (Wildman–Crippen MR) is 297 cm³/mol. The molecule has 0 radical (unpaired) electrons. The summed E-state index contributed by atoms with van der Waals surface area (Å²) in [5.74, 6) is -1.40. The summed E-state index contributed by atoms with van der Waals surface area (Å²) in [7, 11) is 0. The first-order valence-electron chi connectivity index (χ1n) is 31.3. The second-order valence-corrected chi connectivity index (χ2v) is 22.4. The van der Waals surface area contributed by atoms with Crippen LogP contribution in [0.3, 0.4) is 0 Å². The maximum atomic E-state index is 12.5. The highest BCUT2D eigenvalue weighted by atomic mass is 16.6. The molecular weight excluding hydrogens is 853 g/mol. The van der Waals surface area contributed by atoms with E-state index in [-0.39, 0.29) is 19.6 Å². The number of unbranched alkanes of at least 4 members (excludes halogenated alkanes) is 48.